The molecule has 1 heterocycles. The summed E-state index contributed by atoms with van der Waals surface area (Å²) in [5, 5.41) is 19.8. The molecule has 0 fully saturated rings. The summed E-state index contributed by atoms with van der Waals surface area (Å²) in [7, 11) is 0. The molecule has 2 N–H and O–H groups in total. The summed E-state index contributed by atoms with van der Waals surface area (Å²) in [6.45, 7) is 4.63. The molecule has 2 aromatic rings. The van der Waals surface area contributed by atoms with E-state index in [0.717, 1.165) is 17.8 Å². The molecule has 0 saturated carbocycles. The summed E-state index contributed by atoms with van der Waals surface area (Å²) in [6.07, 6.45) is 5.38. The van der Waals surface area contributed by atoms with Crippen LogP contribution in [-0.2, 0) is 6.54 Å². The zero-order valence-electron chi connectivity index (χ0n) is 15.4. The molecule has 1 aromatic carbocycles. The van der Waals surface area contributed by atoms with E-state index in [4.69, 9.17) is 16.9 Å². The number of benzene rings is 1. The van der Waals surface area contributed by atoms with Crippen molar-refractivity contribution in [2.45, 2.75) is 45.2 Å². The Kier molecular flexibility index (Phi) is 5.82. The fourth-order valence-corrected chi connectivity index (χ4v) is 3.64. The van der Waals surface area contributed by atoms with Crippen LogP contribution in [-0.4, -0.2) is 21.9 Å². The number of urea groups is 1. The lowest BCUT2D eigenvalue weighted by Gasteiger charge is -2.15. The monoisotopic (exact) mass is 383 g/mol. The smallest absolute Gasteiger partial charge is 0.319 e. The number of halogens is 1. The second-order valence-electron chi connectivity index (χ2n) is 6.65. The van der Waals surface area contributed by atoms with Gasteiger partial charge in [0.05, 0.1) is 24.7 Å². The molecule has 0 bridgehead atoms. The van der Waals surface area contributed by atoms with Crippen molar-refractivity contribution >= 4 is 23.3 Å². The van der Waals surface area contributed by atoms with Gasteiger partial charge in [-0.1, -0.05) is 23.8 Å². The van der Waals surface area contributed by atoms with Crippen LogP contribution in [0.5, 0.6) is 0 Å². The van der Waals surface area contributed by atoms with Crippen LogP contribution in [0, 0.1) is 25.2 Å². The number of nitriles is 1. The van der Waals surface area contributed by atoms with Crippen molar-refractivity contribution in [1.29, 1.82) is 5.26 Å². The van der Waals surface area contributed by atoms with Crippen molar-refractivity contribution < 1.29 is 4.79 Å². The molecule has 1 aliphatic carbocycles. The molecule has 2 atom stereocenters. The first-order valence-corrected chi connectivity index (χ1v) is 9.28. The third kappa shape index (κ3) is 4.50. The fourth-order valence-electron chi connectivity index (χ4n) is 3.51. The number of hydrogen-bond donors (Lipinski definition) is 2. The SMILES string of the molecule is Cc1nn(CCC#N)c(C)c1C1C=CC(NC(=O)Nc2ccc(Cl)cc2)C1. The normalized spacial score (nSPS) is 18.3. The maximum Gasteiger partial charge on any atom is 0.319 e. The van der Waals surface area contributed by atoms with Crippen molar-refractivity contribution in [3.63, 3.8) is 0 Å². The van der Waals surface area contributed by atoms with Gasteiger partial charge in [-0.25, -0.2) is 4.79 Å². The number of hydrogen-bond acceptors (Lipinski definition) is 3. The van der Waals surface area contributed by atoms with Gasteiger partial charge in [0.25, 0.3) is 0 Å². The summed E-state index contributed by atoms with van der Waals surface area (Å²) in [4.78, 5) is 12.2. The number of carbonyl (C=O) groups is 1. The molecular weight excluding hydrogens is 362 g/mol. The Hall–Kier alpha value is -2.78. The van der Waals surface area contributed by atoms with E-state index in [-0.39, 0.29) is 18.0 Å². The Morgan fingerprint density at radius 1 is 1.33 bits per heavy atom. The van der Waals surface area contributed by atoms with Crippen molar-refractivity contribution in [2.75, 3.05) is 5.32 Å². The van der Waals surface area contributed by atoms with Crippen LogP contribution in [0.2, 0.25) is 5.02 Å². The zero-order chi connectivity index (χ0) is 19.4. The number of rotatable bonds is 5. The lowest BCUT2D eigenvalue weighted by atomic mass is 9.96. The lowest BCUT2D eigenvalue weighted by Crippen LogP contribution is -2.36. The molecule has 2 unspecified atom stereocenters. The van der Waals surface area contributed by atoms with Crippen LogP contribution in [0.15, 0.2) is 36.4 Å². The maximum absolute atomic E-state index is 12.2. The van der Waals surface area contributed by atoms with Crippen molar-refractivity contribution in [3.05, 3.63) is 58.4 Å². The van der Waals surface area contributed by atoms with Crippen LogP contribution in [0.3, 0.4) is 0 Å². The van der Waals surface area contributed by atoms with Crippen molar-refractivity contribution in [1.82, 2.24) is 15.1 Å². The van der Waals surface area contributed by atoms with E-state index in [9.17, 15) is 4.79 Å². The molecule has 7 heteroatoms. The average molecular weight is 384 g/mol. The Morgan fingerprint density at radius 2 is 2.07 bits per heavy atom. The average Bonchev–Trinajstić information content (AvgIpc) is 3.19. The molecule has 2 amide bonds. The quantitative estimate of drug-likeness (QED) is 0.755. The van der Waals surface area contributed by atoms with Gasteiger partial charge in [0.15, 0.2) is 0 Å². The van der Waals surface area contributed by atoms with E-state index in [0.29, 0.717) is 23.7 Å². The third-order valence-corrected chi connectivity index (χ3v) is 5.00. The lowest BCUT2D eigenvalue weighted by molar-refractivity contribution is 0.250. The van der Waals surface area contributed by atoms with Crippen LogP contribution in [0.25, 0.3) is 0 Å². The molecule has 1 aromatic heterocycles. The van der Waals surface area contributed by atoms with E-state index in [1.165, 1.54) is 5.56 Å². The molecule has 1 aliphatic rings. The highest BCUT2D eigenvalue weighted by Crippen LogP contribution is 2.33. The van der Waals surface area contributed by atoms with E-state index >= 15 is 0 Å². The molecule has 140 valence electrons. The van der Waals surface area contributed by atoms with Crippen LogP contribution in [0.1, 0.15) is 35.7 Å². The van der Waals surface area contributed by atoms with Gasteiger partial charge in [-0.3, -0.25) is 4.68 Å². The van der Waals surface area contributed by atoms with Gasteiger partial charge in [-0.2, -0.15) is 10.4 Å². The van der Waals surface area contributed by atoms with E-state index in [1.54, 1.807) is 24.3 Å². The van der Waals surface area contributed by atoms with Crippen molar-refractivity contribution in [3.8, 4) is 6.07 Å². The fraction of sp³-hybridized carbons (Fsp3) is 0.350. The predicted molar refractivity (Wildman–Crippen MR) is 106 cm³/mol. The summed E-state index contributed by atoms with van der Waals surface area (Å²) >= 11 is 5.86. The van der Waals surface area contributed by atoms with Gasteiger partial charge in [0.1, 0.15) is 0 Å². The Bertz CT molecular complexity index is 894. The molecular formula is C20H22ClN5O. The summed E-state index contributed by atoms with van der Waals surface area (Å²) < 4.78 is 1.90. The highest BCUT2D eigenvalue weighted by Gasteiger charge is 2.26. The summed E-state index contributed by atoms with van der Waals surface area (Å²) in [6, 6.07) is 8.87. The van der Waals surface area contributed by atoms with E-state index in [1.807, 2.05) is 24.6 Å². The molecule has 0 spiro atoms. The van der Waals surface area contributed by atoms with Gasteiger partial charge in [-0.05, 0) is 44.5 Å². The summed E-state index contributed by atoms with van der Waals surface area (Å²) in [5.41, 5.74) is 3.95. The topological polar surface area (TPSA) is 82.7 Å². The second kappa shape index (κ2) is 8.28. The molecule has 0 saturated heterocycles. The van der Waals surface area contributed by atoms with Gasteiger partial charge < -0.3 is 10.6 Å². The molecule has 0 aliphatic heterocycles. The molecule has 27 heavy (non-hydrogen) atoms. The van der Waals surface area contributed by atoms with E-state index in [2.05, 4.69) is 27.9 Å². The van der Waals surface area contributed by atoms with Crippen LogP contribution >= 0.6 is 11.6 Å². The number of carbonyl (C=O) groups excluding carboxylic acids is 1. The first-order valence-electron chi connectivity index (χ1n) is 8.90. The van der Waals surface area contributed by atoms with Crippen LogP contribution < -0.4 is 10.6 Å². The van der Waals surface area contributed by atoms with Crippen molar-refractivity contribution in [2.24, 2.45) is 0 Å². The molecule has 0 radical (unpaired) electrons. The van der Waals surface area contributed by atoms with Crippen LogP contribution in [0.4, 0.5) is 10.5 Å². The number of aryl methyl sites for hydroxylation is 2. The minimum absolute atomic E-state index is 0.0384. The first kappa shape index (κ1) is 19.0. The van der Waals surface area contributed by atoms with E-state index < -0.39 is 0 Å². The number of anilines is 1. The number of aromatic nitrogens is 2. The Labute approximate surface area is 163 Å². The van der Waals surface area contributed by atoms with Gasteiger partial charge in [-0.15, -0.1) is 0 Å². The highest BCUT2D eigenvalue weighted by molar-refractivity contribution is 6.30. The Balaban J connectivity index is 1.60. The molecule has 6 nitrogen and oxygen atoms in total. The number of amides is 2. The van der Waals surface area contributed by atoms with Gasteiger partial charge in [0.2, 0.25) is 0 Å². The minimum Gasteiger partial charge on any atom is -0.332 e. The van der Waals surface area contributed by atoms with Gasteiger partial charge >= 0.3 is 6.03 Å². The third-order valence-electron chi connectivity index (χ3n) is 4.75. The largest absolute Gasteiger partial charge is 0.332 e. The number of allylic oxidation sites excluding steroid dienone is 1. The minimum atomic E-state index is -0.245. The van der Waals surface area contributed by atoms with Gasteiger partial charge in [0, 0.05) is 33.9 Å². The predicted octanol–water partition coefficient (Wildman–Crippen LogP) is 4.30. The summed E-state index contributed by atoms with van der Waals surface area (Å²) in [5.74, 6) is 0.210. The highest BCUT2D eigenvalue weighted by atomic mass is 35.5. The first-order chi connectivity index (χ1) is 13.0. The second-order valence-corrected chi connectivity index (χ2v) is 7.09. The standard InChI is InChI=1S/C20H22ClN5O/c1-13-19(14(2)26(25-13)11-3-10-22)15-4-7-18(12-15)24-20(27)23-17-8-5-16(21)6-9-17/h4-9,15,18H,3,11-12H2,1-2H3,(H2,23,24,27). The Morgan fingerprint density at radius 3 is 2.78 bits per heavy atom. The maximum atomic E-state index is 12.2. The zero-order valence-corrected chi connectivity index (χ0v) is 16.1. The molecule has 3 rings (SSSR count). The number of nitrogens with one attached hydrogen (secondary N) is 2. The number of nitrogens with zero attached hydrogens (tertiary/aromatic N) is 3.